The molecule has 0 atom stereocenters. The minimum Gasteiger partial charge on any atom is -0.327 e. The van der Waals surface area contributed by atoms with Gasteiger partial charge in [0.1, 0.15) is 5.82 Å². The van der Waals surface area contributed by atoms with E-state index in [-0.39, 0.29) is 0 Å². The lowest BCUT2D eigenvalue weighted by molar-refractivity contribution is 0.623. The van der Waals surface area contributed by atoms with Crippen molar-refractivity contribution in [3.8, 4) is 0 Å². The van der Waals surface area contributed by atoms with Gasteiger partial charge in [-0.05, 0) is 43.4 Å². The number of alkyl halides is 1. The van der Waals surface area contributed by atoms with Crippen LogP contribution in [0.2, 0.25) is 0 Å². The van der Waals surface area contributed by atoms with Gasteiger partial charge in [0.05, 0.1) is 16.9 Å². The molecule has 0 spiro atoms. The molecule has 1 aliphatic carbocycles. The standard InChI is InChI=1S/C13H15ClN2/c1-9-2-5-11-12(6-9)16(8-10-3-4-10)13(7-14)15-11/h2,5-6,10H,3-4,7-8H2,1H3. The quantitative estimate of drug-likeness (QED) is 0.744. The van der Waals surface area contributed by atoms with Crippen LogP contribution < -0.4 is 0 Å². The van der Waals surface area contributed by atoms with E-state index in [0.717, 1.165) is 23.8 Å². The van der Waals surface area contributed by atoms with Crippen molar-refractivity contribution in [3.05, 3.63) is 29.6 Å². The van der Waals surface area contributed by atoms with Crippen LogP contribution in [0.3, 0.4) is 0 Å². The first-order valence-electron chi connectivity index (χ1n) is 5.79. The molecule has 0 bridgehead atoms. The van der Waals surface area contributed by atoms with Gasteiger partial charge in [-0.25, -0.2) is 4.98 Å². The first-order valence-corrected chi connectivity index (χ1v) is 6.33. The van der Waals surface area contributed by atoms with Crippen molar-refractivity contribution in [1.29, 1.82) is 0 Å². The number of aryl methyl sites for hydroxylation is 1. The van der Waals surface area contributed by atoms with E-state index in [1.807, 2.05) is 0 Å². The molecule has 1 heterocycles. The summed E-state index contributed by atoms with van der Waals surface area (Å²) in [7, 11) is 0. The minimum absolute atomic E-state index is 0.500. The fourth-order valence-corrected chi connectivity index (χ4v) is 2.35. The second kappa shape index (κ2) is 3.77. The van der Waals surface area contributed by atoms with Crippen molar-refractivity contribution in [3.63, 3.8) is 0 Å². The molecule has 1 aromatic carbocycles. The van der Waals surface area contributed by atoms with E-state index in [1.165, 1.54) is 23.9 Å². The van der Waals surface area contributed by atoms with Crippen molar-refractivity contribution in [2.45, 2.75) is 32.2 Å². The molecule has 1 aromatic heterocycles. The summed E-state index contributed by atoms with van der Waals surface area (Å²) in [6.45, 7) is 3.20. The monoisotopic (exact) mass is 234 g/mol. The van der Waals surface area contributed by atoms with Gasteiger partial charge < -0.3 is 4.57 Å². The highest BCUT2D eigenvalue weighted by molar-refractivity contribution is 6.16. The molecule has 0 saturated heterocycles. The molecule has 0 N–H and O–H groups in total. The zero-order chi connectivity index (χ0) is 11.1. The number of halogens is 1. The van der Waals surface area contributed by atoms with Crippen LogP contribution >= 0.6 is 11.6 Å². The third kappa shape index (κ3) is 1.71. The average molecular weight is 235 g/mol. The van der Waals surface area contributed by atoms with Gasteiger partial charge >= 0.3 is 0 Å². The van der Waals surface area contributed by atoms with Gasteiger partial charge in [0.15, 0.2) is 0 Å². The Morgan fingerprint density at radius 3 is 2.94 bits per heavy atom. The Hall–Kier alpha value is -1.02. The molecule has 16 heavy (non-hydrogen) atoms. The summed E-state index contributed by atoms with van der Waals surface area (Å²) < 4.78 is 2.30. The maximum atomic E-state index is 5.96. The Kier molecular flexibility index (Phi) is 2.40. The van der Waals surface area contributed by atoms with Gasteiger partial charge in [-0.15, -0.1) is 11.6 Å². The normalized spacial score (nSPS) is 15.9. The molecule has 2 nitrogen and oxygen atoms in total. The molecule has 0 radical (unpaired) electrons. The molecule has 0 aliphatic heterocycles. The number of imidazole rings is 1. The first kappa shape index (κ1) is 10.2. The Morgan fingerprint density at radius 1 is 1.44 bits per heavy atom. The van der Waals surface area contributed by atoms with E-state index in [1.54, 1.807) is 0 Å². The summed E-state index contributed by atoms with van der Waals surface area (Å²) in [6.07, 6.45) is 2.71. The zero-order valence-electron chi connectivity index (χ0n) is 9.41. The van der Waals surface area contributed by atoms with Gasteiger partial charge in [0.2, 0.25) is 0 Å². The summed E-state index contributed by atoms with van der Waals surface area (Å²) in [4.78, 5) is 4.58. The number of hydrogen-bond donors (Lipinski definition) is 0. The molecular formula is C13H15ClN2. The van der Waals surface area contributed by atoms with Gasteiger partial charge in [-0.1, -0.05) is 6.07 Å². The SMILES string of the molecule is Cc1ccc2nc(CCl)n(CC3CC3)c2c1. The Labute approximate surface area is 100 Å². The minimum atomic E-state index is 0.500. The third-order valence-corrected chi connectivity index (χ3v) is 3.48. The topological polar surface area (TPSA) is 17.8 Å². The van der Waals surface area contributed by atoms with Crippen molar-refractivity contribution in [1.82, 2.24) is 9.55 Å². The summed E-state index contributed by atoms with van der Waals surface area (Å²) in [5.74, 6) is 2.36. The van der Waals surface area contributed by atoms with Crippen LogP contribution in [0.25, 0.3) is 11.0 Å². The van der Waals surface area contributed by atoms with Gasteiger partial charge in [-0.2, -0.15) is 0 Å². The highest BCUT2D eigenvalue weighted by atomic mass is 35.5. The fourth-order valence-electron chi connectivity index (χ4n) is 2.15. The molecule has 2 aromatic rings. The lowest BCUT2D eigenvalue weighted by Gasteiger charge is -2.06. The summed E-state index contributed by atoms with van der Waals surface area (Å²) in [5.41, 5.74) is 3.59. The van der Waals surface area contributed by atoms with Crippen LogP contribution in [0.5, 0.6) is 0 Å². The molecule has 3 rings (SSSR count). The Bertz CT molecular complexity index is 526. The predicted octanol–water partition coefficient (Wildman–Crippen LogP) is 3.49. The Balaban J connectivity index is 2.15. The van der Waals surface area contributed by atoms with E-state index in [2.05, 4.69) is 34.7 Å². The summed E-state index contributed by atoms with van der Waals surface area (Å²) in [6, 6.07) is 6.40. The second-order valence-corrected chi connectivity index (χ2v) is 4.98. The number of nitrogens with zero attached hydrogens (tertiary/aromatic N) is 2. The van der Waals surface area contributed by atoms with Crippen LogP contribution in [0.4, 0.5) is 0 Å². The lowest BCUT2D eigenvalue weighted by atomic mass is 10.2. The van der Waals surface area contributed by atoms with E-state index in [9.17, 15) is 0 Å². The number of benzene rings is 1. The Morgan fingerprint density at radius 2 is 2.25 bits per heavy atom. The summed E-state index contributed by atoms with van der Waals surface area (Å²) >= 11 is 5.96. The molecular weight excluding hydrogens is 220 g/mol. The molecule has 0 amide bonds. The number of fused-ring (bicyclic) bond motifs is 1. The summed E-state index contributed by atoms with van der Waals surface area (Å²) in [5, 5.41) is 0. The lowest BCUT2D eigenvalue weighted by Crippen LogP contribution is -2.03. The largest absolute Gasteiger partial charge is 0.327 e. The number of hydrogen-bond acceptors (Lipinski definition) is 1. The third-order valence-electron chi connectivity index (χ3n) is 3.24. The van der Waals surface area contributed by atoms with Crippen LogP contribution in [0.15, 0.2) is 18.2 Å². The van der Waals surface area contributed by atoms with E-state index < -0.39 is 0 Å². The smallest absolute Gasteiger partial charge is 0.124 e. The maximum Gasteiger partial charge on any atom is 0.124 e. The zero-order valence-corrected chi connectivity index (χ0v) is 10.2. The first-order chi connectivity index (χ1) is 7.78. The van der Waals surface area contributed by atoms with Crippen LogP contribution in [-0.4, -0.2) is 9.55 Å². The van der Waals surface area contributed by atoms with Crippen LogP contribution in [0, 0.1) is 12.8 Å². The average Bonchev–Trinajstić information content (AvgIpc) is 3.02. The van der Waals surface area contributed by atoms with Crippen molar-refractivity contribution in [2.24, 2.45) is 5.92 Å². The van der Waals surface area contributed by atoms with Crippen molar-refractivity contribution in [2.75, 3.05) is 0 Å². The highest BCUT2D eigenvalue weighted by Crippen LogP contribution is 2.32. The van der Waals surface area contributed by atoms with E-state index in [0.29, 0.717) is 5.88 Å². The molecule has 1 saturated carbocycles. The predicted molar refractivity (Wildman–Crippen MR) is 66.8 cm³/mol. The van der Waals surface area contributed by atoms with Crippen molar-refractivity contribution < 1.29 is 0 Å². The van der Waals surface area contributed by atoms with Gasteiger partial charge in [-0.3, -0.25) is 0 Å². The van der Waals surface area contributed by atoms with Gasteiger partial charge in [0.25, 0.3) is 0 Å². The van der Waals surface area contributed by atoms with E-state index in [4.69, 9.17) is 11.6 Å². The van der Waals surface area contributed by atoms with Crippen LogP contribution in [0.1, 0.15) is 24.2 Å². The molecule has 3 heteroatoms. The fraction of sp³-hybridized carbons (Fsp3) is 0.462. The number of rotatable bonds is 3. The number of aromatic nitrogens is 2. The maximum absolute atomic E-state index is 5.96. The molecule has 0 unspecified atom stereocenters. The molecule has 1 fully saturated rings. The van der Waals surface area contributed by atoms with Crippen molar-refractivity contribution >= 4 is 22.6 Å². The highest BCUT2D eigenvalue weighted by Gasteiger charge is 2.23. The molecule has 84 valence electrons. The second-order valence-electron chi connectivity index (χ2n) is 4.71. The van der Waals surface area contributed by atoms with E-state index >= 15 is 0 Å². The van der Waals surface area contributed by atoms with Gasteiger partial charge in [0, 0.05) is 6.54 Å². The van der Waals surface area contributed by atoms with Crippen LogP contribution in [-0.2, 0) is 12.4 Å². The molecule has 1 aliphatic rings.